The molecule has 13 heteroatoms. The Kier molecular flexibility index (Phi) is 14.0. The van der Waals surface area contributed by atoms with Crippen molar-refractivity contribution in [1.29, 1.82) is 0 Å². The van der Waals surface area contributed by atoms with Crippen molar-refractivity contribution in [2.45, 2.75) is 39.0 Å². The number of nitrogens with zero attached hydrogens (tertiary/aromatic N) is 3. The predicted molar refractivity (Wildman–Crippen MR) is 124 cm³/mol. The van der Waals surface area contributed by atoms with Crippen molar-refractivity contribution >= 4 is 42.4 Å². The average molecular weight is 511 g/mol. The van der Waals surface area contributed by atoms with Crippen LogP contribution in [0.25, 0.3) is 0 Å². The van der Waals surface area contributed by atoms with Crippen molar-refractivity contribution in [1.82, 2.24) is 9.80 Å². The Balaban J connectivity index is 2.70. The first-order valence-corrected chi connectivity index (χ1v) is 11.4. The summed E-state index contributed by atoms with van der Waals surface area (Å²) in [7, 11) is 0. The summed E-state index contributed by atoms with van der Waals surface area (Å²) in [6.45, 7) is 8.04. The van der Waals surface area contributed by atoms with Gasteiger partial charge in [0.2, 0.25) is 6.40 Å². The van der Waals surface area contributed by atoms with Crippen LogP contribution in [0, 0.1) is 0 Å². The third-order valence-electron chi connectivity index (χ3n) is 4.61. The van der Waals surface area contributed by atoms with E-state index in [9.17, 15) is 28.8 Å². The summed E-state index contributed by atoms with van der Waals surface area (Å²) >= 11 is 0. The number of ether oxygens (including phenoxy) is 4. The molecule has 198 valence electrons. The minimum atomic E-state index is -1.06. The lowest BCUT2D eigenvalue weighted by Crippen LogP contribution is -2.61. The maximum absolute atomic E-state index is 12.8. The van der Waals surface area contributed by atoms with E-state index in [1.165, 1.54) is 0 Å². The highest BCUT2D eigenvalue weighted by Crippen LogP contribution is 2.12. The fraction of sp³-hybridized carbons (Fsp3) is 0.522. The van der Waals surface area contributed by atoms with Gasteiger partial charge in [-0.05, 0) is 25.7 Å². The van der Waals surface area contributed by atoms with E-state index in [1.54, 1.807) is 6.92 Å². The quantitative estimate of drug-likeness (QED) is 0.0710. The van der Waals surface area contributed by atoms with Crippen molar-refractivity contribution < 1.29 is 52.3 Å². The molecule has 1 aliphatic rings. The number of urea groups is 3. The smallest absolute Gasteiger partial charge is 0.458 e. The van der Waals surface area contributed by atoms with Crippen molar-refractivity contribution in [3.63, 3.8) is 0 Å². The molecule has 0 spiro atoms. The highest BCUT2D eigenvalue weighted by atomic mass is 16.5. The van der Waals surface area contributed by atoms with Gasteiger partial charge in [-0.2, -0.15) is 9.80 Å². The van der Waals surface area contributed by atoms with Crippen LogP contribution >= 0.6 is 0 Å². The number of unbranched alkanes of at least 4 members (excludes halogenated alkanes) is 2. The zero-order valence-corrected chi connectivity index (χ0v) is 20.3. The molecule has 0 radical (unpaired) electrons. The second kappa shape index (κ2) is 16.7. The van der Waals surface area contributed by atoms with Crippen LogP contribution in [0.5, 0.6) is 0 Å². The number of esters is 3. The van der Waals surface area contributed by atoms with Gasteiger partial charge < -0.3 is 18.9 Å². The molecule has 1 saturated heterocycles. The van der Waals surface area contributed by atoms with Gasteiger partial charge in [0, 0.05) is 25.2 Å². The maximum Gasteiger partial charge on any atom is 0.458 e. The normalized spacial score (nSPS) is 14.6. The lowest BCUT2D eigenvalue weighted by molar-refractivity contribution is -0.353. The molecule has 1 aliphatic heterocycles. The van der Waals surface area contributed by atoms with Gasteiger partial charge >= 0.3 is 36.0 Å². The molecule has 0 aliphatic carbocycles. The summed E-state index contributed by atoms with van der Waals surface area (Å²) in [6, 6.07) is -3.00. The SMILES string of the molecule is C=CC(=O)OCCCCCOCCN1C(=O)N(CCOC(=O)C=C)C(=O)/[N+](=C\OC(=O)CCC)C1=O. The molecule has 13 nitrogen and oxygen atoms in total. The summed E-state index contributed by atoms with van der Waals surface area (Å²) < 4.78 is 20.5. The first kappa shape index (κ1) is 30.2. The molecule has 0 aromatic carbocycles. The molecule has 0 bridgehead atoms. The second-order valence-electron chi connectivity index (χ2n) is 7.28. The monoisotopic (exact) mass is 510 g/mol. The van der Waals surface area contributed by atoms with Crippen LogP contribution in [0.15, 0.2) is 25.3 Å². The third kappa shape index (κ3) is 10.2. The van der Waals surface area contributed by atoms with E-state index < -0.39 is 36.0 Å². The van der Waals surface area contributed by atoms with Gasteiger partial charge in [0.15, 0.2) is 0 Å². The van der Waals surface area contributed by atoms with Gasteiger partial charge in [-0.3, -0.25) is 4.79 Å². The van der Waals surface area contributed by atoms with Crippen LogP contribution < -0.4 is 0 Å². The van der Waals surface area contributed by atoms with Crippen LogP contribution in [0.2, 0.25) is 0 Å². The first-order chi connectivity index (χ1) is 17.3. The molecular weight excluding hydrogens is 478 g/mol. The molecule has 0 N–H and O–H groups in total. The highest BCUT2D eigenvalue weighted by molar-refractivity contribution is 6.06. The topological polar surface area (TPSA) is 149 Å². The fourth-order valence-corrected chi connectivity index (χ4v) is 2.77. The zero-order valence-electron chi connectivity index (χ0n) is 20.3. The van der Waals surface area contributed by atoms with E-state index in [4.69, 9.17) is 18.9 Å². The first-order valence-electron chi connectivity index (χ1n) is 11.4. The van der Waals surface area contributed by atoms with Crippen LogP contribution in [0.4, 0.5) is 14.4 Å². The predicted octanol–water partition coefficient (Wildman–Crippen LogP) is 1.99. The molecule has 0 atom stereocenters. The number of rotatable bonds is 17. The lowest BCUT2D eigenvalue weighted by Gasteiger charge is -2.26. The molecule has 0 saturated carbocycles. The Morgan fingerprint density at radius 2 is 1.39 bits per heavy atom. The Labute approximate surface area is 208 Å². The Bertz CT molecular complexity index is 883. The van der Waals surface area contributed by atoms with Gasteiger partial charge in [0.25, 0.3) is 0 Å². The molecule has 1 heterocycles. The van der Waals surface area contributed by atoms with E-state index in [2.05, 4.69) is 13.2 Å². The van der Waals surface area contributed by atoms with Crippen LogP contribution in [-0.2, 0) is 33.3 Å². The number of hydrogen-bond acceptors (Lipinski definition) is 10. The number of imide groups is 3. The van der Waals surface area contributed by atoms with Gasteiger partial charge in [-0.1, -0.05) is 24.7 Å². The Morgan fingerprint density at radius 1 is 0.833 bits per heavy atom. The number of carbonyl (C=O) groups excluding carboxylic acids is 6. The van der Waals surface area contributed by atoms with Gasteiger partial charge in [0.05, 0.1) is 13.2 Å². The average Bonchev–Trinajstić information content (AvgIpc) is 2.86. The Hall–Kier alpha value is -3.87. The van der Waals surface area contributed by atoms with Crippen molar-refractivity contribution in [2.75, 3.05) is 39.5 Å². The molecule has 0 unspecified atom stereocenters. The van der Waals surface area contributed by atoms with Crippen LogP contribution in [0.1, 0.15) is 39.0 Å². The molecule has 1 fully saturated rings. The third-order valence-corrected chi connectivity index (χ3v) is 4.61. The summed E-state index contributed by atoms with van der Waals surface area (Å²) in [5.74, 6) is -1.89. The number of amides is 6. The molecule has 0 aromatic heterocycles. The van der Waals surface area contributed by atoms with E-state index in [1.807, 2.05) is 0 Å². The zero-order chi connectivity index (χ0) is 26.9. The molecule has 6 amide bonds. The largest absolute Gasteiger partial charge is 0.463 e. The Morgan fingerprint density at radius 3 is 1.97 bits per heavy atom. The molecule has 1 rings (SSSR count). The summed E-state index contributed by atoms with van der Waals surface area (Å²) in [6.07, 6.45) is 5.26. The van der Waals surface area contributed by atoms with E-state index in [0.29, 0.717) is 41.7 Å². The highest BCUT2D eigenvalue weighted by Gasteiger charge is 2.50. The fourth-order valence-electron chi connectivity index (χ4n) is 2.77. The minimum absolute atomic E-state index is 0.0140. The molecular formula is C23H32N3O10+. The summed E-state index contributed by atoms with van der Waals surface area (Å²) in [5.41, 5.74) is 0. The van der Waals surface area contributed by atoms with Crippen molar-refractivity contribution in [3.8, 4) is 0 Å². The molecule has 36 heavy (non-hydrogen) atoms. The van der Waals surface area contributed by atoms with E-state index in [0.717, 1.165) is 23.5 Å². The van der Waals surface area contributed by atoms with Crippen LogP contribution in [-0.4, -0.2) is 96.3 Å². The van der Waals surface area contributed by atoms with Gasteiger partial charge in [-0.15, -0.1) is 0 Å². The van der Waals surface area contributed by atoms with E-state index in [-0.39, 0.29) is 39.3 Å². The minimum Gasteiger partial charge on any atom is -0.463 e. The van der Waals surface area contributed by atoms with Crippen molar-refractivity contribution in [2.24, 2.45) is 0 Å². The second-order valence-corrected chi connectivity index (χ2v) is 7.28. The molecule has 0 aromatic rings. The summed E-state index contributed by atoms with van der Waals surface area (Å²) in [4.78, 5) is 73.6. The summed E-state index contributed by atoms with van der Waals surface area (Å²) in [5, 5.41) is 0. The van der Waals surface area contributed by atoms with Crippen molar-refractivity contribution in [3.05, 3.63) is 25.3 Å². The standard InChI is InChI=1S/C23H32N3O10/c1-4-10-20(29)36-17-26-22(31)24(11-15-33-13-8-7-9-14-34-18(27)5-2)21(30)25(23(26)32)12-16-35-19(28)6-3/h5-6,17H,2-4,7-16H2,1H3/q+1/b26-17-. The van der Waals surface area contributed by atoms with Gasteiger partial charge in [0.1, 0.15) is 19.7 Å². The maximum atomic E-state index is 12.8. The van der Waals surface area contributed by atoms with Gasteiger partial charge in [-0.25, -0.2) is 24.0 Å². The lowest BCUT2D eigenvalue weighted by atomic mass is 10.2. The van der Waals surface area contributed by atoms with E-state index >= 15 is 0 Å². The number of hydrogen-bond donors (Lipinski definition) is 0. The van der Waals surface area contributed by atoms with Crippen LogP contribution in [0.3, 0.4) is 0 Å². The number of carbonyl (C=O) groups is 6.